The first-order chi connectivity index (χ1) is 9.47. The van der Waals surface area contributed by atoms with Crippen molar-refractivity contribution >= 4 is 45.1 Å². The van der Waals surface area contributed by atoms with E-state index in [1.807, 2.05) is 25.1 Å². The predicted molar refractivity (Wildman–Crippen MR) is 84.2 cm³/mol. The molecule has 0 radical (unpaired) electrons. The van der Waals surface area contributed by atoms with Gasteiger partial charge in [-0.1, -0.05) is 33.6 Å². The highest BCUT2D eigenvalue weighted by atomic mass is 79.9. The van der Waals surface area contributed by atoms with Gasteiger partial charge in [0.25, 0.3) is 5.69 Å². The first kappa shape index (κ1) is 14.7. The van der Waals surface area contributed by atoms with E-state index in [-0.39, 0.29) is 10.7 Å². The number of aliphatic imine (C=N–C) groups is 1. The molecule has 0 atom stereocenters. The Morgan fingerprint density at radius 2 is 2.05 bits per heavy atom. The second-order valence-corrected chi connectivity index (χ2v) is 5.42. The summed E-state index contributed by atoms with van der Waals surface area (Å²) < 4.78 is 1.01. The average Bonchev–Trinajstić information content (AvgIpc) is 2.41. The molecule has 0 aliphatic carbocycles. The number of benzene rings is 2. The summed E-state index contributed by atoms with van der Waals surface area (Å²) in [4.78, 5) is 14.6. The van der Waals surface area contributed by atoms with Crippen LogP contribution in [0.3, 0.4) is 0 Å². The van der Waals surface area contributed by atoms with Crippen molar-refractivity contribution in [2.75, 3.05) is 0 Å². The third-order valence-corrected chi connectivity index (χ3v) is 3.88. The Balaban J connectivity index is 2.29. The van der Waals surface area contributed by atoms with E-state index in [2.05, 4.69) is 20.9 Å². The molecule has 0 aliphatic heterocycles. The second kappa shape index (κ2) is 6.15. The number of nitro groups is 1. The SMILES string of the molecule is Cc1cc(N=Cc2ccc(Cl)c([N+](=O)[O-])c2)ccc1Br. The van der Waals surface area contributed by atoms with Crippen molar-refractivity contribution in [1.82, 2.24) is 0 Å². The fraction of sp³-hybridized carbons (Fsp3) is 0.0714. The third kappa shape index (κ3) is 3.43. The van der Waals surface area contributed by atoms with Gasteiger partial charge in [-0.3, -0.25) is 15.1 Å². The summed E-state index contributed by atoms with van der Waals surface area (Å²) in [6.07, 6.45) is 1.58. The zero-order valence-corrected chi connectivity index (χ0v) is 12.9. The molecule has 20 heavy (non-hydrogen) atoms. The van der Waals surface area contributed by atoms with Crippen LogP contribution < -0.4 is 0 Å². The summed E-state index contributed by atoms with van der Waals surface area (Å²) in [5.74, 6) is 0. The lowest BCUT2D eigenvalue weighted by atomic mass is 10.2. The van der Waals surface area contributed by atoms with Crippen LogP contribution in [-0.4, -0.2) is 11.1 Å². The Hall–Kier alpha value is -1.72. The molecular formula is C14H10BrClN2O2. The van der Waals surface area contributed by atoms with Crippen molar-refractivity contribution in [3.63, 3.8) is 0 Å². The Morgan fingerprint density at radius 3 is 2.70 bits per heavy atom. The van der Waals surface area contributed by atoms with Gasteiger partial charge in [0.1, 0.15) is 5.02 Å². The van der Waals surface area contributed by atoms with E-state index in [9.17, 15) is 10.1 Å². The molecule has 0 saturated heterocycles. The molecule has 0 aromatic heterocycles. The van der Waals surface area contributed by atoms with Crippen LogP contribution in [0.2, 0.25) is 5.02 Å². The topological polar surface area (TPSA) is 55.5 Å². The normalized spacial score (nSPS) is 10.9. The summed E-state index contributed by atoms with van der Waals surface area (Å²) in [6.45, 7) is 1.97. The number of rotatable bonds is 3. The van der Waals surface area contributed by atoms with Crippen LogP contribution in [0.25, 0.3) is 0 Å². The smallest absolute Gasteiger partial charge is 0.258 e. The zero-order chi connectivity index (χ0) is 14.7. The lowest BCUT2D eigenvalue weighted by Crippen LogP contribution is -1.91. The van der Waals surface area contributed by atoms with Crippen LogP contribution in [0.4, 0.5) is 11.4 Å². The van der Waals surface area contributed by atoms with Crippen LogP contribution >= 0.6 is 27.5 Å². The highest BCUT2D eigenvalue weighted by molar-refractivity contribution is 9.10. The van der Waals surface area contributed by atoms with Gasteiger partial charge in [-0.15, -0.1) is 0 Å². The molecule has 4 nitrogen and oxygen atoms in total. The minimum atomic E-state index is -0.510. The number of nitro benzene ring substituents is 1. The minimum Gasteiger partial charge on any atom is -0.258 e. The van der Waals surface area contributed by atoms with E-state index < -0.39 is 4.92 Å². The van der Waals surface area contributed by atoms with Gasteiger partial charge in [-0.25, -0.2) is 0 Å². The molecule has 0 amide bonds. The summed E-state index contributed by atoms with van der Waals surface area (Å²) in [6, 6.07) is 10.3. The van der Waals surface area contributed by atoms with Gasteiger partial charge in [-0.2, -0.15) is 0 Å². The molecule has 2 aromatic rings. The van der Waals surface area contributed by atoms with Gasteiger partial charge >= 0.3 is 0 Å². The van der Waals surface area contributed by atoms with Gasteiger partial charge in [0.2, 0.25) is 0 Å². The van der Waals surface area contributed by atoms with Gasteiger partial charge in [0.15, 0.2) is 0 Å². The molecule has 0 bridgehead atoms. The summed E-state index contributed by atoms with van der Waals surface area (Å²) in [7, 11) is 0. The Kier molecular flexibility index (Phi) is 4.52. The first-order valence-electron chi connectivity index (χ1n) is 5.71. The van der Waals surface area contributed by atoms with Crippen molar-refractivity contribution in [2.45, 2.75) is 6.92 Å². The van der Waals surface area contributed by atoms with Crippen molar-refractivity contribution in [3.05, 3.63) is 67.1 Å². The molecule has 0 aliphatic rings. The van der Waals surface area contributed by atoms with Crippen LogP contribution in [0.5, 0.6) is 0 Å². The van der Waals surface area contributed by atoms with Crippen LogP contribution in [0, 0.1) is 17.0 Å². The van der Waals surface area contributed by atoms with Crippen molar-refractivity contribution in [1.29, 1.82) is 0 Å². The molecule has 2 rings (SSSR count). The van der Waals surface area contributed by atoms with E-state index in [4.69, 9.17) is 11.6 Å². The van der Waals surface area contributed by atoms with E-state index in [0.29, 0.717) is 5.56 Å². The first-order valence-corrected chi connectivity index (χ1v) is 6.88. The van der Waals surface area contributed by atoms with Crippen molar-refractivity contribution in [2.24, 2.45) is 4.99 Å². The monoisotopic (exact) mass is 352 g/mol. The minimum absolute atomic E-state index is 0.117. The maximum Gasteiger partial charge on any atom is 0.288 e. The van der Waals surface area contributed by atoms with Crippen LogP contribution in [0.15, 0.2) is 45.9 Å². The molecular weight excluding hydrogens is 344 g/mol. The largest absolute Gasteiger partial charge is 0.288 e. The molecule has 2 aromatic carbocycles. The fourth-order valence-corrected chi connectivity index (χ4v) is 2.04. The van der Waals surface area contributed by atoms with E-state index in [1.54, 1.807) is 12.3 Å². The quantitative estimate of drug-likeness (QED) is 0.439. The van der Waals surface area contributed by atoms with Gasteiger partial charge < -0.3 is 0 Å². The van der Waals surface area contributed by atoms with E-state index in [1.165, 1.54) is 12.1 Å². The zero-order valence-electron chi connectivity index (χ0n) is 10.5. The molecule has 0 fully saturated rings. The second-order valence-electron chi connectivity index (χ2n) is 4.16. The number of aryl methyl sites for hydroxylation is 1. The average molecular weight is 354 g/mol. The van der Waals surface area contributed by atoms with Gasteiger partial charge in [0.05, 0.1) is 10.6 Å². The highest BCUT2D eigenvalue weighted by Crippen LogP contribution is 2.25. The van der Waals surface area contributed by atoms with Crippen molar-refractivity contribution in [3.8, 4) is 0 Å². The summed E-state index contributed by atoms with van der Waals surface area (Å²) in [5.41, 5.74) is 2.36. The standard InChI is InChI=1S/C14H10BrClN2O2/c1-9-6-11(3-4-12(9)15)17-8-10-2-5-13(16)14(7-10)18(19)20/h2-8H,1H3. The Morgan fingerprint density at radius 1 is 1.30 bits per heavy atom. The predicted octanol–water partition coefficient (Wildman–Crippen LogP) is 5.07. The molecule has 6 heteroatoms. The third-order valence-electron chi connectivity index (χ3n) is 2.67. The van der Waals surface area contributed by atoms with E-state index >= 15 is 0 Å². The summed E-state index contributed by atoms with van der Waals surface area (Å²) in [5, 5.41) is 10.9. The van der Waals surface area contributed by atoms with E-state index in [0.717, 1.165) is 15.7 Å². The molecule has 0 spiro atoms. The lowest BCUT2D eigenvalue weighted by Gasteiger charge is -2.00. The molecule has 0 unspecified atom stereocenters. The molecule has 102 valence electrons. The fourth-order valence-electron chi connectivity index (χ4n) is 1.61. The highest BCUT2D eigenvalue weighted by Gasteiger charge is 2.11. The molecule has 0 N–H and O–H groups in total. The Bertz CT molecular complexity index is 702. The van der Waals surface area contributed by atoms with Crippen LogP contribution in [0.1, 0.15) is 11.1 Å². The number of hydrogen-bond acceptors (Lipinski definition) is 3. The summed E-state index contributed by atoms with van der Waals surface area (Å²) >= 11 is 9.17. The maximum absolute atomic E-state index is 10.8. The number of nitrogens with zero attached hydrogens (tertiary/aromatic N) is 2. The maximum atomic E-state index is 10.8. The molecule has 0 heterocycles. The van der Waals surface area contributed by atoms with Crippen molar-refractivity contribution < 1.29 is 4.92 Å². The number of hydrogen-bond donors (Lipinski definition) is 0. The van der Waals surface area contributed by atoms with Gasteiger partial charge in [0, 0.05) is 16.8 Å². The number of halogens is 2. The van der Waals surface area contributed by atoms with Crippen LogP contribution in [-0.2, 0) is 0 Å². The lowest BCUT2D eigenvalue weighted by molar-refractivity contribution is -0.384. The Labute approximate surface area is 129 Å². The molecule has 0 saturated carbocycles. The van der Waals surface area contributed by atoms with Gasteiger partial charge in [-0.05, 0) is 42.3 Å².